The second-order valence-corrected chi connectivity index (χ2v) is 8.80. The van der Waals surface area contributed by atoms with E-state index < -0.39 is 0 Å². The number of thioether (sulfide) groups is 1. The van der Waals surface area contributed by atoms with Crippen LogP contribution in [0.3, 0.4) is 0 Å². The standard InChI is InChI=1S/C19H18Cl2N4O2S2/c1-3-27-14-7-5-4-6-13(14)22-18-24-25-19(29-18)28-10-15(26)23-17-12(20)9-8-11(2)16(17)21/h4-9H,3,10H2,1-2H3,(H,22,24)(H,23,26). The molecule has 2 N–H and O–H groups in total. The Bertz CT molecular complexity index is 1010. The Morgan fingerprint density at radius 1 is 1.21 bits per heavy atom. The van der Waals surface area contributed by atoms with Crippen LogP contribution >= 0.6 is 46.3 Å². The van der Waals surface area contributed by atoms with Gasteiger partial charge in [-0.05, 0) is 37.6 Å². The van der Waals surface area contributed by atoms with Crippen LogP contribution in [0.5, 0.6) is 5.75 Å². The van der Waals surface area contributed by atoms with E-state index in [0.29, 0.717) is 31.8 Å². The number of ether oxygens (including phenoxy) is 1. The van der Waals surface area contributed by atoms with Gasteiger partial charge in [-0.2, -0.15) is 0 Å². The van der Waals surface area contributed by atoms with E-state index in [4.69, 9.17) is 27.9 Å². The largest absolute Gasteiger partial charge is 0.492 e. The van der Waals surface area contributed by atoms with E-state index in [1.54, 1.807) is 12.1 Å². The second kappa shape index (κ2) is 10.2. The van der Waals surface area contributed by atoms with Crippen molar-refractivity contribution in [3.05, 3.63) is 52.0 Å². The lowest BCUT2D eigenvalue weighted by molar-refractivity contribution is -0.113. The Morgan fingerprint density at radius 2 is 2.00 bits per heavy atom. The minimum absolute atomic E-state index is 0.158. The number of halogens is 2. The monoisotopic (exact) mass is 468 g/mol. The normalized spacial score (nSPS) is 10.6. The summed E-state index contributed by atoms with van der Waals surface area (Å²) in [6, 6.07) is 11.1. The molecule has 0 spiro atoms. The number of para-hydroxylation sites is 2. The molecule has 0 fully saturated rings. The number of hydrogen-bond donors (Lipinski definition) is 2. The first-order valence-electron chi connectivity index (χ1n) is 8.67. The number of nitrogens with one attached hydrogen (secondary N) is 2. The molecule has 2 aromatic carbocycles. The maximum absolute atomic E-state index is 12.3. The number of amides is 1. The molecule has 1 amide bonds. The molecule has 0 aliphatic heterocycles. The molecular formula is C19H18Cl2N4O2S2. The summed E-state index contributed by atoms with van der Waals surface area (Å²) in [6.07, 6.45) is 0. The SMILES string of the molecule is CCOc1ccccc1Nc1nnc(SCC(=O)Nc2c(Cl)ccc(C)c2Cl)s1. The Labute approximate surface area is 187 Å². The summed E-state index contributed by atoms with van der Waals surface area (Å²) in [5.41, 5.74) is 2.07. The van der Waals surface area contributed by atoms with Crippen molar-refractivity contribution >= 4 is 68.7 Å². The van der Waals surface area contributed by atoms with E-state index in [0.717, 1.165) is 17.0 Å². The van der Waals surface area contributed by atoms with Crippen molar-refractivity contribution in [2.45, 2.75) is 18.2 Å². The molecule has 0 bridgehead atoms. The van der Waals surface area contributed by atoms with Crippen molar-refractivity contribution in [1.29, 1.82) is 0 Å². The highest BCUT2D eigenvalue weighted by atomic mass is 35.5. The molecule has 0 saturated carbocycles. The van der Waals surface area contributed by atoms with E-state index in [9.17, 15) is 4.79 Å². The number of rotatable bonds is 8. The van der Waals surface area contributed by atoms with Crippen molar-refractivity contribution in [1.82, 2.24) is 10.2 Å². The van der Waals surface area contributed by atoms with Gasteiger partial charge >= 0.3 is 0 Å². The fourth-order valence-electron chi connectivity index (χ4n) is 2.36. The van der Waals surface area contributed by atoms with Crippen LogP contribution in [0.4, 0.5) is 16.5 Å². The molecule has 0 radical (unpaired) electrons. The highest BCUT2D eigenvalue weighted by Gasteiger charge is 2.14. The van der Waals surface area contributed by atoms with Gasteiger partial charge < -0.3 is 15.4 Å². The van der Waals surface area contributed by atoms with Crippen molar-refractivity contribution < 1.29 is 9.53 Å². The van der Waals surface area contributed by atoms with Gasteiger partial charge in [0.1, 0.15) is 5.75 Å². The predicted octanol–water partition coefficient (Wildman–Crippen LogP) is 6.03. The molecule has 0 atom stereocenters. The lowest BCUT2D eigenvalue weighted by Gasteiger charge is -2.10. The average Bonchev–Trinajstić information content (AvgIpc) is 3.16. The minimum Gasteiger partial charge on any atom is -0.492 e. The third kappa shape index (κ3) is 5.76. The number of carbonyl (C=O) groups excluding carboxylic acids is 1. The number of hydrogen-bond acceptors (Lipinski definition) is 7. The number of benzene rings is 2. The first-order chi connectivity index (χ1) is 14.0. The van der Waals surface area contributed by atoms with Crippen LogP contribution in [-0.4, -0.2) is 28.5 Å². The zero-order chi connectivity index (χ0) is 20.8. The molecule has 29 heavy (non-hydrogen) atoms. The maximum Gasteiger partial charge on any atom is 0.234 e. The number of carbonyl (C=O) groups is 1. The lowest BCUT2D eigenvalue weighted by atomic mass is 10.2. The Hall–Kier alpha value is -2.00. The van der Waals surface area contributed by atoms with E-state index in [1.165, 1.54) is 23.1 Å². The summed E-state index contributed by atoms with van der Waals surface area (Å²) in [6.45, 7) is 4.35. The van der Waals surface area contributed by atoms with Gasteiger partial charge in [0, 0.05) is 0 Å². The summed E-state index contributed by atoms with van der Waals surface area (Å²) >= 11 is 15.0. The van der Waals surface area contributed by atoms with Crippen LogP contribution < -0.4 is 15.4 Å². The van der Waals surface area contributed by atoms with Gasteiger partial charge in [-0.3, -0.25) is 4.79 Å². The lowest BCUT2D eigenvalue weighted by Crippen LogP contribution is -2.14. The first-order valence-corrected chi connectivity index (χ1v) is 11.2. The topological polar surface area (TPSA) is 76.1 Å². The van der Waals surface area contributed by atoms with Gasteiger partial charge in [0.05, 0.1) is 33.8 Å². The molecule has 152 valence electrons. The van der Waals surface area contributed by atoms with Gasteiger partial charge in [0.15, 0.2) is 4.34 Å². The van der Waals surface area contributed by atoms with Crippen LogP contribution in [0.25, 0.3) is 0 Å². The summed E-state index contributed by atoms with van der Waals surface area (Å²) in [5, 5.41) is 15.6. The van der Waals surface area contributed by atoms with Crippen molar-refractivity contribution in [2.24, 2.45) is 0 Å². The zero-order valence-electron chi connectivity index (χ0n) is 15.7. The van der Waals surface area contributed by atoms with Gasteiger partial charge in [-0.15, -0.1) is 10.2 Å². The van der Waals surface area contributed by atoms with Crippen molar-refractivity contribution in [3.8, 4) is 5.75 Å². The third-order valence-electron chi connectivity index (χ3n) is 3.71. The smallest absolute Gasteiger partial charge is 0.234 e. The number of nitrogens with zero attached hydrogens (tertiary/aromatic N) is 2. The van der Waals surface area contributed by atoms with Crippen LogP contribution in [-0.2, 0) is 4.79 Å². The Kier molecular flexibility index (Phi) is 7.60. The number of anilines is 3. The van der Waals surface area contributed by atoms with Crippen molar-refractivity contribution in [2.75, 3.05) is 23.0 Å². The van der Waals surface area contributed by atoms with Gasteiger partial charge in [-0.25, -0.2) is 0 Å². The summed E-state index contributed by atoms with van der Waals surface area (Å²) in [7, 11) is 0. The quantitative estimate of drug-likeness (QED) is 0.393. The Balaban J connectivity index is 1.59. The van der Waals surface area contributed by atoms with Crippen LogP contribution in [0.15, 0.2) is 40.7 Å². The molecule has 3 rings (SSSR count). The molecule has 6 nitrogen and oxygen atoms in total. The molecule has 1 aromatic heterocycles. The summed E-state index contributed by atoms with van der Waals surface area (Å²) in [5.74, 6) is 0.673. The molecule has 0 aliphatic rings. The van der Waals surface area contributed by atoms with Gasteiger partial charge in [0.2, 0.25) is 11.0 Å². The molecular weight excluding hydrogens is 451 g/mol. The average molecular weight is 469 g/mol. The molecule has 3 aromatic rings. The van der Waals surface area contributed by atoms with Gasteiger partial charge in [0.25, 0.3) is 0 Å². The third-order valence-corrected chi connectivity index (χ3v) is 6.48. The number of aromatic nitrogens is 2. The van der Waals surface area contributed by atoms with Crippen LogP contribution in [0.2, 0.25) is 10.0 Å². The first kappa shape index (κ1) is 21.7. The number of aryl methyl sites for hydroxylation is 1. The molecule has 0 unspecified atom stereocenters. The highest BCUT2D eigenvalue weighted by molar-refractivity contribution is 8.01. The Morgan fingerprint density at radius 3 is 2.79 bits per heavy atom. The highest BCUT2D eigenvalue weighted by Crippen LogP contribution is 2.34. The fourth-order valence-corrected chi connectivity index (χ4v) is 4.39. The van der Waals surface area contributed by atoms with Crippen molar-refractivity contribution in [3.63, 3.8) is 0 Å². The van der Waals surface area contributed by atoms with E-state index in [-0.39, 0.29) is 11.7 Å². The predicted molar refractivity (Wildman–Crippen MR) is 121 cm³/mol. The van der Waals surface area contributed by atoms with E-state index >= 15 is 0 Å². The zero-order valence-corrected chi connectivity index (χ0v) is 18.8. The van der Waals surface area contributed by atoms with Crippen LogP contribution in [0, 0.1) is 6.92 Å². The second-order valence-electron chi connectivity index (χ2n) is 5.82. The minimum atomic E-state index is -0.226. The maximum atomic E-state index is 12.3. The molecule has 10 heteroatoms. The van der Waals surface area contributed by atoms with Gasteiger partial charge in [-0.1, -0.05) is 64.5 Å². The molecule has 1 heterocycles. The molecule has 0 saturated heterocycles. The summed E-state index contributed by atoms with van der Waals surface area (Å²) in [4.78, 5) is 12.3. The van der Waals surface area contributed by atoms with E-state index in [2.05, 4.69) is 20.8 Å². The summed E-state index contributed by atoms with van der Waals surface area (Å²) < 4.78 is 6.26. The van der Waals surface area contributed by atoms with Crippen LogP contribution in [0.1, 0.15) is 12.5 Å². The fraction of sp³-hybridized carbons (Fsp3) is 0.211. The van der Waals surface area contributed by atoms with E-state index in [1.807, 2.05) is 38.1 Å². The molecule has 0 aliphatic carbocycles.